The highest BCUT2D eigenvalue weighted by atomic mass is 16.5. The summed E-state index contributed by atoms with van der Waals surface area (Å²) >= 11 is 0. The molecule has 0 saturated carbocycles. The lowest BCUT2D eigenvalue weighted by Gasteiger charge is -2.48. The molecule has 3 heterocycles. The van der Waals surface area contributed by atoms with E-state index >= 15 is 0 Å². The smallest absolute Gasteiger partial charge is 0.294 e. The number of likely N-dealkylation sites (N-methyl/N-ethyl adjacent to an activating group) is 1. The van der Waals surface area contributed by atoms with Crippen LogP contribution in [0.5, 0.6) is 6.01 Å². The minimum absolute atomic E-state index is 0.582. The highest BCUT2D eigenvalue weighted by Crippen LogP contribution is 2.31. The van der Waals surface area contributed by atoms with E-state index in [9.17, 15) is 0 Å². The number of aromatic nitrogens is 2. The van der Waals surface area contributed by atoms with E-state index in [0.717, 1.165) is 24.1 Å². The maximum Gasteiger partial charge on any atom is 0.294 e. The minimum Gasteiger partial charge on any atom is -0.468 e. The highest BCUT2D eigenvalue weighted by Gasteiger charge is 2.34. The molecular formula is C16H23N5O. The molecular weight excluding hydrogens is 278 g/mol. The van der Waals surface area contributed by atoms with Crippen LogP contribution in [0, 0.1) is 0 Å². The number of rotatable bonds is 3. The number of nitrogens with zero attached hydrogens (tertiary/aromatic N) is 4. The topological polar surface area (TPSA) is 47.6 Å². The standard InChI is InChI=1S/C16H23N5O/c1-19-6-8-20(9-7-19)12-10-21(11-12)14-5-3-4-13-15(14)18-16(17-13)22-2/h3-5,12H,6-11H2,1-2H3,(H,17,18). The summed E-state index contributed by atoms with van der Waals surface area (Å²) in [4.78, 5) is 15.2. The van der Waals surface area contributed by atoms with Gasteiger partial charge >= 0.3 is 0 Å². The summed E-state index contributed by atoms with van der Waals surface area (Å²) in [6.45, 7) is 6.94. The SMILES string of the molecule is COc1nc2c(N3CC(N4CCN(C)CC4)C3)cccc2[nH]1. The Kier molecular flexibility index (Phi) is 3.43. The summed E-state index contributed by atoms with van der Waals surface area (Å²) in [6.07, 6.45) is 0. The van der Waals surface area contributed by atoms with Crippen molar-refractivity contribution in [3.63, 3.8) is 0 Å². The fourth-order valence-electron chi connectivity index (χ4n) is 3.42. The minimum atomic E-state index is 0.582. The number of fused-ring (bicyclic) bond motifs is 1. The first-order valence-electron chi connectivity index (χ1n) is 7.95. The van der Waals surface area contributed by atoms with Crippen molar-refractivity contribution in [3.8, 4) is 6.01 Å². The number of aromatic amines is 1. The molecule has 6 nitrogen and oxygen atoms in total. The van der Waals surface area contributed by atoms with E-state index in [-0.39, 0.29) is 0 Å². The molecule has 1 aromatic carbocycles. The van der Waals surface area contributed by atoms with Gasteiger partial charge in [-0.3, -0.25) is 4.90 Å². The summed E-state index contributed by atoms with van der Waals surface area (Å²) in [5.74, 6) is 0. The lowest BCUT2D eigenvalue weighted by atomic mass is 10.0. The average molecular weight is 301 g/mol. The van der Waals surface area contributed by atoms with Crippen LogP contribution < -0.4 is 9.64 Å². The van der Waals surface area contributed by atoms with E-state index in [0.29, 0.717) is 12.1 Å². The molecule has 2 saturated heterocycles. The van der Waals surface area contributed by atoms with Gasteiger partial charge < -0.3 is 19.5 Å². The molecule has 22 heavy (non-hydrogen) atoms. The number of hydrogen-bond donors (Lipinski definition) is 1. The zero-order chi connectivity index (χ0) is 15.1. The maximum absolute atomic E-state index is 5.21. The van der Waals surface area contributed by atoms with Crippen LogP contribution in [0.15, 0.2) is 18.2 Å². The summed E-state index contributed by atoms with van der Waals surface area (Å²) < 4.78 is 5.21. The Labute approximate surface area is 130 Å². The molecule has 0 bridgehead atoms. The molecule has 118 valence electrons. The van der Waals surface area contributed by atoms with Gasteiger partial charge in [0.1, 0.15) is 5.52 Å². The summed E-state index contributed by atoms with van der Waals surface area (Å²) in [7, 11) is 3.85. The van der Waals surface area contributed by atoms with Crippen molar-refractivity contribution in [1.82, 2.24) is 19.8 Å². The predicted molar refractivity (Wildman–Crippen MR) is 87.7 cm³/mol. The molecule has 0 unspecified atom stereocenters. The number of benzene rings is 1. The zero-order valence-corrected chi connectivity index (χ0v) is 13.2. The molecule has 2 aliphatic heterocycles. The Morgan fingerprint density at radius 3 is 2.68 bits per heavy atom. The number of para-hydroxylation sites is 1. The van der Waals surface area contributed by atoms with Crippen molar-refractivity contribution in [2.24, 2.45) is 0 Å². The van der Waals surface area contributed by atoms with Gasteiger partial charge in [0, 0.05) is 45.3 Å². The van der Waals surface area contributed by atoms with Gasteiger partial charge in [0.05, 0.1) is 18.3 Å². The maximum atomic E-state index is 5.21. The third-order valence-electron chi connectivity index (χ3n) is 4.92. The molecule has 0 amide bonds. The van der Waals surface area contributed by atoms with E-state index in [2.05, 4.69) is 43.8 Å². The third-order valence-corrected chi connectivity index (χ3v) is 4.92. The fraction of sp³-hybridized carbons (Fsp3) is 0.562. The monoisotopic (exact) mass is 301 g/mol. The van der Waals surface area contributed by atoms with Gasteiger partial charge in [-0.1, -0.05) is 6.07 Å². The van der Waals surface area contributed by atoms with E-state index in [1.807, 2.05) is 6.07 Å². The highest BCUT2D eigenvalue weighted by molar-refractivity contribution is 5.89. The Balaban J connectivity index is 1.47. The summed E-state index contributed by atoms with van der Waals surface area (Å²) in [5, 5.41) is 0. The molecule has 6 heteroatoms. The molecule has 1 N–H and O–H groups in total. The van der Waals surface area contributed by atoms with E-state index in [1.54, 1.807) is 7.11 Å². The normalized spacial score (nSPS) is 21.3. The second kappa shape index (κ2) is 5.44. The Bertz CT molecular complexity index is 656. The number of hydrogen-bond acceptors (Lipinski definition) is 5. The molecule has 2 aliphatic rings. The van der Waals surface area contributed by atoms with Gasteiger partial charge in [0.15, 0.2) is 0 Å². The van der Waals surface area contributed by atoms with Crippen LogP contribution in [0.1, 0.15) is 0 Å². The van der Waals surface area contributed by atoms with Crippen molar-refractivity contribution in [1.29, 1.82) is 0 Å². The van der Waals surface area contributed by atoms with Crippen LogP contribution >= 0.6 is 0 Å². The van der Waals surface area contributed by atoms with Crippen LogP contribution in [0.3, 0.4) is 0 Å². The van der Waals surface area contributed by atoms with Crippen LogP contribution in [-0.4, -0.2) is 79.2 Å². The molecule has 4 rings (SSSR count). The van der Waals surface area contributed by atoms with E-state index < -0.39 is 0 Å². The lowest BCUT2D eigenvalue weighted by Crippen LogP contribution is -2.63. The quantitative estimate of drug-likeness (QED) is 0.917. The Morgan fingerprint density at radius 2 is 1.95 bits per heavy atom. The molecule has 1 aromatic heterocycles. The van der Waals surface area contributed by atoms with Crippen molar-refractivity contribution in [2.45, 2.75) is 6.04 Å². The number of ether oxygens (including phenoxy) is 1. The number of piperazine rings is 1. The number of methoxy groups -OCH3 is 1. The fourth-order valence-corrected chi connectivity index (χ4v) is 3.42. The third kappa shape index (κ3) is 2.32. The number of anilines is 1. The van der Waals surface area contributed by atoms with Crippen LogP contribution in [0.4, 0.5) is 5.69 Å². The van der Waals surface area contributed by atoms with Gasteiger partial charge in [-0.25, -0.2) is 0 Å². The van der Waals surface area contributed by atoms with Gasteiger partial charge in [-0.05, 0) is 19.2 Å². The number of nitrogens with one attached hydrogen (secondary N) is 1. The van der Waals surface area contributed by atoms with E-state index in [4.69, 9.17) is 4.74 Å². The van der Waals surface area contributed by atoms with Crippen molar-refractivity contribution in [2.75, 3.05) is 58.3 Å². The Morgan fingerprint density at radius 1 is 1.18 bits per heavy atom. The van der Waals surface area contributed by atoms with Crippen molar-refractivity contribution < 1.29 is 4.74 Å². The van der Waals surface area contributed by atoms with Crippen LogP contribution in [-0.2, 0) is 0 Å². The second-order valence-electron chi connectivity index (χ2n) is 6.32. The Hall–Kier alpha value is -1.79. The molecule has 0 atom stereocenters. The zero-order valence-electron chi connectivity index (χ0n) is 13.2. The molecule has 2 aromatic rings. The van der Waals surface area contributed by atoms with Crippen molar-refractivity contribution in [3.05, 3.63) is 18.2 Å². The summed E-state index contributed by atoms with van der Waals surface area (Å²) in [6, 6.07) is 7.55. The first kappa shape index (κ1) is 13.8. The molecule has 2 fully saturated rings. The number of imidazole rings is 1. The molecule has 0 aliphatic carbocycles. The molecule has 0 spiro atoms. The van der Waals surface area contributed by atoms with Gasteiger partial charge in [-0.2, -0.15) is 4.98 Å². The first-order valence-corrected chi connectivity index (χ1v) is 7.95. The molecule has 0 radical (unpaired) electrons. The first-order chi connectivity index (χ1) is 10.7. The summed E-state index contributed by atoms with van der Waals surface area (Å²) in [5.41, 5.74) is 3.26. The van der Waals surface area contributed by atoms with Crippen molar-refractivity contribution >= 4 is 16.7 Å². The van der Waals surface area contributed by atoms with Gasteiger partial charge in [0.25, 0.3) is 6.01 Å². The van der Waals surface area contributed by atoms with Gasteiger partial charge in [0.2, 0.25) is 0 Å². The largest absolute Gasteiger partial charge is 0.468 e. The lowest BCUT2D eigenvalue weighted by molar-refractivity contribution is 0.0964. The van der Waals surface area contributed by atoms with Crippen LogP contribution in [0.25, 0.3) is 11.0 Å². The van der Waals surface area contributed by atoms with E-state index in [1.165, 1.54) is 31.9 Å². The predicted octanol–water partition coefficient (Wildman–Crippen LogP) is 1.01. The average Bonchev–Trinajstić information content (AvgIpc) is 2.92. The number of H-pyrrole nitrogens is 1. The van der Waals surface area contributed by atoms with Crippen LogP contribution in [0.2, 0.25) is 0 Å². The second-order valence-corrected chi connectivity index (χ2v) is 6.32. The van der Waals surface area contributed by atoms with Gasteiger partial charge in [-0.15, -0.1) is 0 Å².